The van der Waals surface area contributed by atoms with Crippen LogP contribution in [0.15, 0.2) is 48.5 Å². The molecule has 0 bridgehead atoms. The summed E-state index contributed by atoms with van der Waals surface area (Å²) < 4.78 is 0. The Morgan fingerprint density at radius 3 is 2.07 bits per heavy atom. The van der Waals surface area contributed by atoms with E-state index in [1.165, 1.54) is 0 Å². The quantitative estimate of drug-likeness (QED) is 0.778. The fourth-order valence-electron chi connectivity index (χ4n) is 3.31. The Labute approximate surface area is 160 Å². The topological polar surface area (TPSA) is 61.4 Å². The zero-order valence-electron chi connectivity index (χ0n) is 16.2. The fraction of sp³-hybridized carbons (Fsp3) is 0.364. The first-order valence-corrected chi connectivity index (χ1v) is 9.55. The Hall–Kier alpha value is -2.82. The first-order valence-electron chi connectivity index (χ1n) is 9.55. The van der Waals surface area contributed by atoms with Crippen LogP contribution >= 0.6 is 0 Å². The second kappa shape index (κ2) is 8.25. The van der Waals surface area contributed by atoms with E-state index in [0.29, 0.717) is 6.42 Å². The minimum absolute atomic E-state index is 0.0855. The molecule has 5 heteroatoms. The van der Waals surface area contributed by atoms with Crippen molar-refractivity contribution in [1.82, 2.24) is 0 Å². The van der Waals surface area contributed by atoms with E-state index in [-0.39, 0.29) is 23.7 Å². The molecule has 1 aliphatic rings. The lowest BCUT2D eigenvalue weighted by molar-refractivity contribution is -0.122. The second-order valence-corrected chi connectivity index (χ2v) is 7.02. The molecule has 2 N–H and O–H groups in total. The SMILES string of the molecule is CCN(CC)c1ccc(NC(=O)C2CC2C(=O)Nc2cccc(C)c2)cc1. The second-order valence-electron chi connectivity index (χ2n) is 7.02. The van der Waals surface area contributed by atoms with Crippen molar-refractivity contribution in [2.45, 2.75) is 27.2 Å². The van der Waals surface area contributed by atoms with Crippen molar-refractivity contribution in [1.29, 1.82) is 0 Å². The molecule has 1 fully saturated rings. The highest BCUT2D eigenvalue weighted by atomic mass is 16.2. The van der Waals surface area contributed by atoms with Crippen molar-refractivity contribution >= 4 is 28.9 Å². The van der Waals surface area contributed by atoms with Crippen molar-refractivity contribution in [3.8, 4) is 0 Å². The van der Waals surface area contributed by atoms with Gasteiger partial charge in [-0.2, -0.15) is 0 Å². The molecule has 0 heterocycles. The number of nitrogens with zero attached hydrogens (tertiary/aromatic N) is 1. The minimum atomic E-state index is -0.253. The summed E-state index contributed by atoms with van der Waals surface area (Å²) >= 11 is 0. The standard InChI is InChI=1S/C22H27N3O2/c1-4-25(5-2)18-11-9-16(10-12-18)23-21(26)19-14-20(19)22(27)24-17-8-6-7-15(3)13-17/h6-13,19-20H,4-5,14H2,1-3H3,(H,23,26)(H,24,27). The van der Waals surface area contributed by atoms with Crippen LogP contribution in [-0.4, -0.2) is 24.9 Å². The molecule has 0 saturated heterocycles. The number of hydrogen-bond acceptors (Lipinski definition) is 3. The lowest BCUT2D eigenvalue weighted by atomic mass is 10.2. The van der Waals surface area contributed by atoms with Gasteiger partial charge in [-0.05, 0) is 69.2 Å². The third-order valence-electron chi connectivity index (χ3n) is 5.01. The summed E-state index contributed by atoms with van der Waals surface area (Å²) in [6, 6.07) is 15.5. The number of nitrogens with one attached hydrogen (secondary N) is 2. The van der Waals surface area contributed by atoms with Crippen molar-refractivity contribution < 1.29 is 9.59 Å². The lowest BCUT2D eigenvalue weighted by Crippen LogP contribution is -2.22. The molecule has 0 radical (unpaired) electrons. The van der Waals surface area contributed by atoms with E-state index in [1.54, 1.807) is 0 Å². The first-order chi connectivity index (χ1) is 13.0. The summed E-state index contributed by atoms with van der Waals surface area (Å²) in [7, 11) is 0. The Kier molecular flexibility index (Phi) is 5.79. The van der Waals surface area contributed by atoms with Gasteiger partial charge < -0.3 is 15.5 Å². The maximum atomic E-state index is 12.4. The lowest BCUT2D eigenvalue weighted by Gasteiger charge is -2.21. The Morgan fingerprint density at radius 2 is 1.52 bits per heavy atom. The molecule has 2 amide bonds. The summed E-state index contributed by atoms with van der Waals surface area (Å²) in [5.74, 6) is -0.676. The maximum absolute atomic E-state index is 12.4. The predicted octanol–water partition coefficient (Wildman–Crippen LogP) is 4.05. The third kappa shape index (κ3) is 4.67. The van der Waals surface area contributed by atoms with Crippen LogP contribution in [0.2, 0.25) is 0 Å². The van der Waals surface area contributed by atoms with E-state index in [2.05, 4.69) is 29.4 Å². The van der Waals surface area contributed by atoms with Crippen molar-refractivity contribution in [2.75, 3.05) is 28.6 Å². The molecule has 1 aliphatic carbocycles. The molecule has 1 saturated carbocycles. The summed E-state index contributed by atoms with van der Waals surface area (Å²) in [4.78, 5) is 27.0. The van der Waals surface area contributed by atoms with Crippen molar-refractivity contribution in [3.63, 3.8) is 0 Å². The smallest absolute Gasteiger partial charge is 0.228 e. The largest absolute Gasteiger partial charge is 0.372 e. The number of aryl methyl sites for hydroxylation is 1. The highest BCUT2D eigenvalue weighted by molar-refractivity contribution is 6.03. The van der Waals surface area contributed by atoms with Crippen LogP contribution < -0.4 is 15.5 Å². The van der Waals surface area contributed by atoms with Gasteiger partial charge in [0.1, 0.15) is 0 Å². The van der Waals surface area contributed by atoms with Gasteiger partial charge in [0, 0.05) is 30.2 Å². The molecule has 142 valence electrons. The number of amides is 2. The molecule has 2 aromatic rings. The highest BCUT2D eigenvalue weighted by Crippen LogP contribution is 2.40. The van der Waals surface area contributed by atoms with Gasteiger partial charge in [0.25, 0.3) is 0 Å². The number of anilines is 3. The molecule has 2 atom stereocenters. The van der Waals surface area contributed by atoms with E-state index >= 15 is 0 Å². The number of carbonyl (C=O) groups excluding carboxylic acids is 2. The average molecular weight is 365 g/mol. The van der Waals surface area contributed by atoms with Crippen LogP contribution in [0.1, 0.15) is 25.8 Å². The Morgan fingerprint density at radius 1 is 0.926 bits per heavy atom. The third-order valence-corrected chi connectivity index (χ3v) is 5.01. The molecule has 5 nitrogen and oxygen atoms in total. The van der Waals surface area contributed by atoms with Crippen LogP contribution in [0.5, 0.6) is 0 Å². The molecular formula is C22H27N3O2. The summed E-state index contributed by atoms with van der Waals surface area (Å²) in [5.41, 5.74) is 3.77. The molecule has 27 heavy (non-hydrogen) atoms. The van der Waals surface area contributed by atoms with Crippen LogP contribution in [0.3, 0.4) is 0 Å². The van der Waals surface area contributed by atoms with Gasteiger partial charge in [-0.1, -0.05) is 12.1 Å². The normalized spacial score (nSPS) is 17.9. The zero-order chi connectivity index (χ0) is 19.4. The van der Waals surface area contributed by atoms with Crippen LogP contribution in [0.4, 0.5) is 17.1 Å². The Bertz CT molecular complexity index is 813. The number of carbonyl (C=O) groups is 2. The zero-order valence-corrected chi connectivity index (χ0v) is 16.2. The van der Waals surface area contributed by atoms with Crippen LogP contribution in [-0.2, 0) is 9.59 Å². The van der Waals surface area contributed by atoms with Gasteiger partial charge in [-0.3, -0.25) is 9.59 Å². The average Bonchev–Trinajstić information content (AvgIpc) is 3.45. The minimum Gasteiger partial charge on any atom is -0.372 e. The Balaban J connectivity index is 1.53. The molecule has 0 spiro atoms. The first kappa shape index (κ1) is 19.0. The summed E-state index contributed by atoms with van der Waals surface area (Å²) in [5, 5.41) is 5.83. The molecule has 3 rings (SSSR count). The van der Waals surface area contributed by atoms with E-state index < -0.39 is 0 Å². The molecule has 2 aromatic carbocycles. The van der Waals surface area contributed by atoms with Crippen molar-refractivity contribution in [2.24, 2.45) is 11.8 Å². The number of rotatable bonds is 7. The molecular weight excluding hydrogens is 338 g/mol. The summed E-state index contributed by atoms with van der Waals surface area (Å²) in [6.07, 6.45) is 0.598. The summed E-state index contributed by atoms with van der Waals surface area (Å²) in [6.45, 7) is 8.11. The van der Waals surface area contributed by atoms with Crippen molar-refractivity contribution in [3.05, 3.63) is 54.1 Å². The van der Waals surface area contributed by atoms with Crippen LogP contribution in [0, 0.1) is 18.8 Å². The predicted molar refractivity (Wildman–Crippen MR) is 110 cm³/mol. The molecule has 0 aromatic heterocycles. The monoisotopic (exact) mass is 365 g/mol. The number of hydrogen-bond donors (Lipinski definition) is 2. The van der Waals surface area contributed by atoms with Crippen LogP contribution in [0.25, 0.3) is 0 Å². The van der Waals surface area contributed by atoms with Gasteiger partial charge in [-0.25, -0.2) is 0 Å². The van der Waals surface area contributed by atoms with E-state index in [4.69, 9.17) is 0 Å². The van der Waals surface area contributed by atoms with E-state index in [1.807, 2.05) is 55.5 Å². The van der Waals surface area contributed by atoms with E-state index in [0.717, 1.165) is 35.7 Å². The fourth-order valence-corrected chi connectivity index (χ4v) is 3.31. The molecule has 0 aliphatic heterocycles. The maximum Gasteiger partial charge on any atom is 0.228 e. The van der Waals surface area contributed by atoms with Gasteiger partial charge in [0.15, 0.2) is 0 Å². The van der Waals surface area contributed by atoms with Gasteiger partial charge >= 0.3 is 0 Å². The van der Waals surface area contributed by atoms with Gasteiger partial charge in [-0.15, -0.1) is 0 Å². The van der Waals surface area contributed by atoms with Gasteiger partial charge in [0.05, 0.1) is 11.8 Å². The number of benzene rings is 2. The highest BCUT2D eigenvalue weighted by Gasteiger charge is 2.48. The van der Waals surface area contributed by atoms with E-state index in [9.17, 15) is 9.59 Å². The van der Waals surface area contributed by atoms with Gasteiger partial charge in [0.2, 0.25) is 11.8 Å². The molecule has 2 unspecified atom stereocenters.